The Balaban J connectivity index is 1.79. The molecule has 0 radical (unpaired) electrons. The van der Waals surface area contributed by atoms with E-state index in [2.05, 4.69) is 9.82 Å². The van der Waals surface area contributed by atoms with Crippen molar-refractivity contribution in [2.45, 2.75) is 11.4 Å². The Morgan fingerprint density at radius 3 is 2.64 bits per heavy atom. The van der Waals surface area contributed by atoms with Gasteiger partial charge in [0.1, 0.15) is 0 Å². The summed E-state index contributed by atoms with van der Waals surface area (Å²) in [5.74, 6) is 0. The first-order valence-electron chi connectivity index (χ1n) is 6.61. The van der Waals surface area contributed by atoms with Gasteiger partial charge >= 0.3 is 0 Å². The Kier molecular flexibility index (Phi) is 3.90. The Morgan fingerprint density at radius 1 is 1.18 bits per heavy atom. The number of aromatic nitrogens is 2. The molecule has 22 heavy (non-hydrogen) atoms. The summed E-state index contributed by atoms with van der Waals surface area (Å²) in [4.78, 5) is 0.194. The number of benzene rings is 2. The minimum absolute atomic E-state index is 0.194. The Morgan fingerprint density at radius 2 is 1.91 bits per heavy atom. The van der Waals surface area contributed by atoms with Gasteiger partial charge in [0.05, 0.1) is 16.6 Å². The van der Waals surface area contributed by atoms with Crippen molar-refractivity contribution in [2.24, 2.45) is 7.05 Å². The number of fused-ring (bicyclic) bond motifs is 1. The summed E-state index contributed by atoms with van der Waals surface area (Å²) in [7, 11) is -1.69. The number of hydrogen-bond donors (Lipinski definition) is 1. The third kappa shape index (κ3) is 2.99. The molecule has 0 aliphatic heterocycles. The third-order valence-corrected chi connectivity index (χ3v) is 5.07. The first kappa shape index (κ1) is 15.0. The summed E-state index contributed by atoms with van der Waals surface area (Å²) in [5.41, 5.74) is 1.88. The van der Waals surface area contributed by atoms with Crippen LogP contribution >= 0.6 is 11.6 Å². The van der Waals surface area contributed by atoms with E-state index >= 15 is 0 Å². The van der Waals surface area contributed by atoms with Crippen molar-refractivity contribution >= 4 is 32.5 Å². The van der Waals surface area contributed by atoms with Gasteiger partial charge in [-0.25, -0.2) is 13.1 Å². The zero-order chi connectivity index (χ0) is 15.7. The summed E-state index contributed by atoms with van der Waals surface area (Å²) in [5, 5.41) is 5.65. The summed E-state index contributed by atoms with van der Waals surface area (Å²) in [6, 6.07) is 11.8. The second-order valence-electron chi connectivity index (χ2n) is 4.94. The molecule has 1 aromatic heterocycles. The van der Waals surface area contributed by atoms with Crippen LogP contribution in [0.2, 0.25) is 5.02 Å². The van der Waals surface area contributed by atoms with Crippen molar-refractivity contribution in [3.05, 3.63) is 59.2 Å². The highest BCUT2D eigenvalue weighted by Gasteiger charge is 2.13. The van der Waals surface area contributed by atoms with Gasteiger partial charge in [-0.1, -0.05) is 17.7 Å². The number of nitrogens with zero attached hydrogens (tertiary/aromatic N) is 2. The molecule has 7 heteroatoms. The largest absolute Gasteiger partial charge is 0.268 e. The fourth-order valence-electron chi connectivity index (χ4n) is 2.20. The molecule has 3 aromatic rings. The molecule has 3 rings (SSSR count). The fraction of sp³-hybridized carbons (Fsp3) is 0.133. The van der Waals surface area contributed by atoms with Gasteiger partial charge in [-0.15, -0.1) is 0 Å². The quantitative estimate of drug-likeness (QED) is 0.797. The Labute approximate surface area is 133 Å². The van der Waals surface area contributed by atoms with Crippen molar-refractivity contribution in [3.8, 4) is 0 Å². The lowest BCUT2D eigenvalue weighted by Crippen LogP contribution is -2.23. The van der Waals surface area contributed by atoms with Crippen LogP contribution in [-0.2, 0) is 23.6 Å². The summed E-state index contributed by atoms with van der Waals surface area (Å²) in [6.07, 6.45) is 1.76. The molecule has 0 aliphatic rings. The van der Waals surface area contributed by atoms with E-state index in [0.29, 0.717) is 5.02 Å². The van der Waals surface area contributed by atoms with Gasteiger partial charge in [-0.3, -0.25) is 4.68 Å². The summed E-state index contributed by atoms with van der Waals surface area (Å²) >= 11 is 5.77. The molecule has 0 amide bonds. The summed E-state index contributed by atoms with van der Waals surface area (Å²) in [6.45, 7) is 0.218. The predicted molar refractivity (Wildman–Crippen MR) is 86.2 cm³/mol. The molecule has 0 unspecified atom stereocenters. The average Bonchev–Trinajstić information content (AvgIpc) is 2.87. The van der Waals surface area contributed by atoms with Crippen molar-refractivity contribution in [1.29, 1.82) is 0 Å². The zero-order valence-electron chi connectivity index (χ0n) is 11.8. The number of hydrogen-bond acceptors (Lipinski definition) is 3. The molecule has 0 aliphatic carbocycles. The first-order chi connectivity index (χ1) is 10.5. The van der Waals surface area contributed by atoms with Crippen LogP contribution in [0.4, 0.5) is 0 Å². The lowest BCUT2D eigenvalue weighted by Gasteiger charge is -2.07. The van der Waals surface area contributed by atoms with E-state index in [1.54, 1.807) is 23.0 Å². The first-order valence-corrected chi connectivity index (χ1v) is 8.48. The lowest BCUT2D eigenvalue weighted by atomic mass is 10.2. The van der Waals surface area contributed by atoms with Crippen LogP contribution < -0.4 is 4.72 Å². The molecule has 0 bridgehead atoms. The number of rotatable bonds is 4. The smallest absolute Gasteiger partial charge is 0.240 e. The van der Waals surface area contributed by atoms with Gasteiger partial charge in [-0.2, -0.15) is 5.10 Å². The molecule has 5 nitrogen and oxygen atoms in total. The second-order valence-corrected chi connectivity index (χ2v) is 7.14. The average molecular weight is 336 g/mol. The second kappa shape index (κ2) is 5.72. The van der Waals surface area contributed by atoms with E-state index in [-0.39, 0.29) is 11.4 Å². The highest BCUT2D eigenvalue weighted by atomic mass is 35.5. The van der Waals surface area contributed by atoms with E-state index in [1.807, 2.05) is 25.2 Å². The van der Waals surface area contributed by atoms with Crippen LogP contribution in [-0.4, -0.2) is 18.2 Å². The topological polar surface area (TPSA) is 64.0 Å². The van der Waals surface area contributed by atoms with Crippen LogP contribution in [0.15, 0.2) is 53.6 Å². The van der Waals surface area contributed by atoms with E-state index in [1.165, 1.54) is 12.1 Å². The molecule has 114 valence electrons. The molecule has 0 fully saturated rings. The fourth-order valence-corrected chi connectivity index (χ4v) is 3.34. The molecule has 1 N–H and O–H groups in total. The van der Waals surface area contributed by atoms with Crippen molar-refractivity contribution < 1.29 is 8.42 Å². The van der Waals surface area contributed by atoms with Gasteiger partial charge < -0.3 is 0 Å². The van der Waals surface area contributed by atoms with Crippen LogP contribution in [0.25, 0.3) is 10.9 Å². The number of nitrogens with one attached hydrogen (secondary N) is 1. The molecule has 0 spiro atoms. The normalized spacial score (nSPS) is 11.9. The van der Waals surface area contributed by atoms with Gasteiger partial charge in [0.2, 0.25) is 10.0 Å². The van der Waals surface area contributed by atoms with Gasteiger partial charge in [0.15, 0.2) is 0 Å². The molecular weight excluding hydrogens is 322 g/mol. The maximum Gasteiger partial charge on any atom is 0.240 e. The Hall–Kier alpha value is -1.89. The minimum Gasteiger partial charge on any atom is -0.268 e. The van der Waals surface area contributed by atoms with Crippen molar-refractivity contribution in [1.82, 2.24) is 14.5 Å². The molecule has 0 saturated heterocycles. The minimum atomic E-state index is -3.55. The third-order valence-electron chi connectivity index (χ3n) is 3.40. The highest BCUT2D eigenvalue weighted by molar-refractivity contribution is 7.89. The standard InChI is InChI=1S/C15H14ClN3O2S/c1-19-15-7-2-11(8-12(15)10-17-19)9-18-22(20,21)14-5-3-13(16)4-6-14/h2-8,10,18H,9H2,1H3. The molecular formula is C15H14ClN3O2S. The maximum atomic E-state index is 12.2. The predicted octanol–water partition coefficient (Wildman–Crippen LogP) is 2.71. The number of aryl methyl sites for hydroxylation is 1. The van der Waals surface area contributed by atoms with Gasteiger partial charge in [0.25, 0.3) is 0 Å². The number of sulfonamides is 1. The Bertz CT molecular complexity index is 918. The SMILES string of the molecule is Cn1ncc2cc(CNS(=O)(=O)c3ccc(Cl)cc3)ccc21. The molecule has 2 aromatic carbocycles. The monoisotopic (exact) mass is 335 g/mol. The van der Waals surface area contributed by atoms with Crippen LogP contribution in [0.5, 0.6) is 0 Å². The highest BCUT2D eigenvalue weighted by Crippen LogP contribution is 2.17. The maximum absolute atomic E-state index is 12.2. The summed E-state index contributed by atoms with van der Waals surface area (Å²) < 4.78 is 28.8. The molecule has 0 saturated carbocycles. The van der Waals surface area contributed by atoms with Crippen LogP contribution in [0, 0.1) is 0 Å². The van der Waals surface area contributed by atoms with Crippen LogP contribution in [0.1, 0.15) is 5.56 Å². The number of halogens is 1. The lowest BCUT2D eigenvalue weighted by molar-refractivity contribution is 0.581. The van der Waals surface area contributed by atoms with Crippen LogP contribution in [0.3, 0.4) is 0 Å². The van der Waals surface area contributed by atoms with E-state index in [0.717, 1.165) is 16.5 Å². The zero-order valence-corrected chi connectivity index (χ0v) is 13.4. The van der Waals surface area contributed by atoms with Gasteiger partial charge in [-0.05, 0) is 42.0 Å². The van der Waals surface area contributed by atoms with E-state index in [9.17, 15) is 8.42 Å². The molecule has 1 heterocycles. The van der Waals surface area contributed by atoms with Gasteiger partial charge in [0, 0.05) is 24.0 Å². The van der Waals surface area contributed by atoms with E-state index < -0.39 is 10.0 Å². The van der Waals surface area contributed by atoms with Crippen molar-refractivity contribution in [2.75, 3.05) is 0 Å². The van der Waals surface area contributed by atoms with Crippen molar-refractivity contribution in [3.63, 3.8) is 0 Å². The van der Waals surface area contributed by atoms with E-state index in [4.69, 9.17) is 11.6 Å². The molecule has 0 atom stereocenters.